The van der Waals surface area contributed by atoms with Gasteiger partial charge < -0.3 is 5.32 Å². The number of nitrogens with zero attached hydrogens (tertiary/aromatic N) is 1. The molecule has 4 nitrogen and oxygen atoms in total. The number of hydrogen-bond donors (Lipinski definition) is 2. The van der Waals surface area contributed by atoms with Crippen LogP contribution in [0.5, 0.6) is 0 Å². The quantitative estimate of drug-likeness (QED) is 0.860. The first-order chi connectivity index (χ1) is 9.16. The summed E-state index contributed by atoms with van der Waals surface area (Å²) in [6, 6.07) is 9.77. The number of carbonyl (C=O) groups excluding carboxylic acids is 1. The Hall–Kier alpha value is -2.10. The van der Waals surface area contributed by atoms with Gasteiger partial charge >= 0.3 is 0 Å². The maximum atomic E-state index is 11.8. The minimum atomic E-state index is 0.0602. The molecular weight excluding hydrogens is 238 g/mol. The number of aromatic nitrogens is 2. The Balaban J connectivity index is 1.79. The van der Waals surface area contributed by atoms with Crippen molar-refractivity contribution in [1.82, 2.24) is 15.5 Å². The number of nitrogens with one attached hydrogen (secondary N) is 2. The van der Waals surface area contributed by atoms with E-state index >= 15 is 0 Å². The zero-order valence-corrected chi connectivity index (χ0v) is 11.4. The largest absolute Gasteiger partial charge is 0.355 e. The lowest BCUT2D eigenvalue weighted by Gasteiger charge is -2.05. The fourth-order valence-electron chi connectivity index (χ4n) is 2.11. The van der Waals surface area contributed by atoms with Gasteiger partial charge in [0, 0.05) is 12.2 Å². The number of hydrogen-bond acceptors (Lipinski definition) is 2. The van der Waals surface area contributed by atoms with E-state index in [2.05, 4.69) is 15.5 Å². The predicted octanol–water partition coefficient (Wildman–Crippen LogP) is 1.93. The van der Waals surface area contributed by atoms with Gasteiger partial charge in [0.15, 0.2) is 0 Å². The summed E-state index contributed by atoms with van der Waals surface area (Å²) in [5, 5.41) is 10.0. The summed E-state index contributed by atoms with van der Waals surface area (Å²) in [6.07, 6.45) is 1.25. The van der Waals surface area contributed by atoms with Gasteiger partial charge in [-0.3, -0.25) is 9.89 Å². The monoisotopic (exact) mass is 257 g/mol. The average Bonchev–Trinajstić information content (AvgIpc) is 2.71. The van der Waals surface area contributed by atoms with Gasteiger partial charge in [0.1, 0.15) is 0 Å². The molecule has 0 atom stereocenters. The number of H-pyrrole nitrogens is 1. The highest BCUT2D eigenvalue weighted by Gasteiger charge is 2.07. The number of aromatic amines is 1. The minimum absolute atomic E-state index is 0.0602. The van der Waals surface area contributed by atoms with Crippen LogP contribution in [-0.4, -0.2) is 22.6 Å². The van der Waals surface area contributed by atoms with Crippen LogP contribution in [0.25, 0.3) is 0 Å². The molecule has 1 heterocycles. The van der Waals surface area contributed by atoms with Gasteiger partial charge in [0.2, 0.25) is 5.91 Å². The highest BCUT2D eigenvalue weighted by Crippen LogP contribution is 2.09. The van der Waals surface area contributed by atoms with E-state index in [9.17, 15) is 4.79 Å². The zero-order chi connectivity index (χ0) is 13.7. The van der Waals surface area contributed by atoms with E-state index in [-0.39, 0.29) is 5.91 Å². The fraction of sp³-hybridized carbons (Fsp3) is 0.333. The average molecular weight is 257 g/mol. The molecule has 19 heavy (non-hydrogen) atoms. The fourth-order valence-corrected chi connectivity index (χ4v) is 2.11. The van der Waals surface area contributed by atoms with Crippen LogP contribution in [0.1, 0.15) is 22.5 Å². The van der Waals surface area contributed by atoms with Crippen LogP contribution in [0.4, 0.5) is 0 Å². The Bertz CT molecular complexity index is 526. The Morgan fingerprint density at radius 3 is 2.63 bits per heavy atom. The van der Waals surface area contributed by atoms with E-state index in [1.54, 1.807) is 0 Å². The molecule has 0 radical (unpaired) electrons. The lowest BCUT2D eigenvalue weighted by atomic mass is 10.1. The molecule has 0 saturated heterocycles. The molecule has 0 spiro atoms. The Morgan fingerprint density at radius 1 is 1.26 bits per heavy atom. The maximum Gasteiger partial charge on any atom is 0.224 e. The van der Waals surface area contributed by atoms with Gasteiger partial charge in [-0.1, -0.05) is 30.3 Å². The van der Waals surface area contributed by atoms with Crippen molar-refractivity contribution in [3.8, 4) is 0 Å². The Kier molecular flexibility index (Phi) is 4.34. The summed E-state index contributed by atoms with van der Waals surface area (Å²) in [4.78, 5) is 11.8. The third-order valence-corrected chi connectivity index (χ3v) is 3.19. The normalized spacial score (nSPS) is 10.4. The second kappa shape index (κ2) is 6.18. The predicted molar refractivity (Wildman–Crippen MR) is 74.9 cm³/mol. The zero-order valence-electron chi connectivity index (χ0n) is 11.4. The summed E-state index contributed by atoms with van der Waals surface area (Å²) in [7, 11) is 0. The highest BCUT2D eigenvalue weighted by molar-refractivity contribution is 5.78. The van der Waals surface area contributed by atoms with Crippen LogP contribution in [0.2, 0.25) is 0 Å². The summed E-state index contributed by atoms with van der Waals surface area (Å²) in [5.41, 5.74) is 4.32. The van der Waals surface area contributed by atoms with Crippen molar-refractivity contribution in [2.24, 2.45) is 0 Å². The molecular formula is C15H19N3O. The molecule has 0 aliphatic carbocycles. The van der Waals surface area contributed by atoms with Gasteiger partial charge in [-0.05, 0) is 31.4 Å². The smallest absolute Gasteiger partial charge is 0.224 e. The lowest BCUT2D eigenvalue weighted by Crippen LogP contribution is -2.27. The Morgan fingerprint density at radius 2 is 2.00 bits per heavy atom. The van der Waals surface area contributed by atoms with Crippen molar-refractivity contribution in [3.63, 3.8) is 0 Å². The van der Waals surface area contributed by atoms with Crippen LogP contribution in [0, 0.1) is 13.8 Å². The molecule has 0 fully saturated rings. The van der Waals surface area contributed by atoms with Gasteiger partial charge in [0.05, 0.1) is 12.1 Å². The molecule has 0 unspecified atom stereocenters. The van der Waals surface area contributed by atoms with E-state index in [1.165, 1.54) is 5.56 Å². The molecule has 0 saturated carbocycles. The minimum Gasteiger partial charge on any atom is -0.355 e. The van der Waals surface area contributed by atoms with Gasteiger partial charge in [-0.25, -0.2) is 0 Å². The highest BCUT2D eigenvalue weighted by atomic mass is 16.1. The topological polar surface area (TPSA) is 57.8 Å². The molecule has 0 aliphatic heterocycles. The molecule has 4 heteroatoms. The van der Waals surface area contributed by atoms with Crippen molar-refractivity contribution >= 4 is 5.91 Å². The second-order valence-electron chi connectivity index (χ2n) is 4.67. The number of rotatable bonds is 5. The van der Waals surface area contributed by atoms with Crippen molar-refractivity contribution < 1.29 is 4.79 Å². The summed E-state index contributed by atoms with van der Waals surface area (Å²) >= 11 is 0. The van der Waals surface area contributed by atoms with Gasteiger partial charge in [-0.2, -0.15) is 5.10 Å². The van der Waals surface area contributed by atoms with E-state index < -0.39 is 0 Å². The SMILES string of the molecule is Cc1n[nH]c(C)c1CCNC(=O)Cc1ccccc1. The lowest BCUT2D eigenvalue weighted by molar-refractivity contribution is -0.120. The van der Waals surface area contributed by atoms with Gasteiger partial charge in [-0.15, -0.1) is 0 Å². The Labute approximate surface area is 113 Å². The van der Waals surface area contributed by atoms with Crippen LogP contribution in [0.3, 0.4) is 0 Å². The van der Waals surface area contributed by atoms with Crippen molar-refractivity contribution in [2.75, 3.05) is 6.54 Å². The van der Waals surface area contributed by atoms with Crippen LogP contribution in [0.15, 0.2) is 30.3 Å². The first kappa shape index (κ1) is 13.3. The van der Waals surface area contributed by atoms with Crippen molar-refractivity contribution in [3.05, 3.63) is 52.8 Å². The molecule has 2 rings (SSSR count). The molecule has 0 aliphatic rings. The first-order valence-electron chi connectivity index (χ1n) is 6.48. The number of benzene rings is 1. The van der Waals surface area contributed by atoms with Crippen LogP contribution < -0.4 is 5.32 Å². The van der Waals surface area contributed by atoms with Crippen LogP contribution >= 0.6 is 0 Å². The molecule has 1 aromatic carbocycles. The number of amides is 1. The summed E-state index contributed by atoms with van der Waals surface area (Å²) in [6.45, 7) is 4.62. The van der Waals surface area contributed by atoms with E-state index in [0.717, 1.165) is 23.4 Å². The summed E-state index contributed by atoms with van der Waals surface area (Å²) in [5.74, 6) is 0.0602. The van der Waals surface area contributed by atoms with E-state index in [0.29, 0.717) is 13.0 Å². The second-order valence-corrected chi connectivity index (χ2v) is 4.67. The number of carbonyl (C=O) groups is 1. The molecule has 2 N–H and O–H groups in total. The maximum absolute atomic E-state index is 11.8. The van der Waals surface area contributed by atoms with Gasteiger partial charge in [0.25, 0.3) is 0 Å². The standard InChI is InChI=1S/C15H19N3O/c1-11-14(12(2)18-17-11)8-9-16-15(19)10-13-6-4-3-5-7-13/h3-7H,8-10H2,1-2H3,(H,16,19)(H,17,18). The summed E-state index contributed by atoms with van der Waals surface area (Å²) < 4.78 is 0. The third kappa shape index (κ3) is 3.68. The van der Waals surface area contributed by atoms with Crippen LogP contribution in [-0.2, 0) is 17.6 Å². The molecule has 100 valence electrons. The first-order valence-corrected chi connectivity index (χ1v) is 6.48. The molecule has 1 aromatic heterocycles. The van der Waals surface area contributed by atoms with E-state index in [1.807, 2.05) is 44.2 Å². The number of aryl methyl sites for hydroxylation is 2. The van der Waals surface area contributed by atoms with E-state index in [4.69, 9.17) is 0 Å². The molecule has 1 amide bonds. The molecule has 2 aromatic rings. The third-order valence-electron chi connectivity index (χ3n) is 3.19. The van der Waals surface area contributed by atoms with Crippen molar-refractivity contribution in [2.45, 2.75) is 26.7 Å². The van der Waals surface area contributed by atoms with Crippen molar-refractivity contribution in [1.29, 1.82) is 0 Å². The molecule has 0 bridgehead atoms.